The minimum Gasteiger partial charge on any atom is -0.367 e. The average molecular weight is 408 g/mol. The van der Waals surface area contributed by atoms with Crippen LogP contribution in [0.5, 0.6) is 0 Å². The highest BCUT2D eigenvalue weighted by Gasteiger charge is 2.19. The monoisotopic (exact) mass is 406 g/mol. The largest absolute Gasteiger partial charge is 0.367 e. The first-order chi connectivity index (χ1) is 10.1. The predicted molar refractivity (Wildman–Crippen MR) is 91.9 cm³/mol. The topological polar surface area (TPSA) is 52.0 Å². The first-order valence-electron chi connectivity index (χ1n) is 6.34. The van der Waals surface area contributed by atoms with Gasteiger partial charge in [-0.3, -0.25) is 0 Å². The third-order valence-electron chi connectivity index (χ3n) is 3.23. The quantitative estimate of drug-likeness (QED) is 0.616. The molecule has 1 aromatic heterocycles. The van der Waals surface area contributed by atoms with Gasteiger partial charge in [0.05, 0.1) is 5.56 Å². The molecule has 3 rings (SSSR count). The molecule has 5 heteroatoms. The van der Waals surface area contributed by atoms with Crippen LogP contribution in [0.2, 0.25) is 0 Å². The van der Waals surface area contributed by atoms with Gasteiger partial charge < -0.3 is 10.3 Å². The van der Waals surface area contributed by atoms with E-state index in [2.05, 4.69) is 37.0 Å². The fraction of sp³-hybridized carbons (Fsp3) is 0.0625. The summed E-state index contributed by atoms with van der Waals surface area (Å²) >= 11 is 7.01. The predicted octanol–water partition coefficient (Wildman–Crippen LogP) is 5.42. The van der Waals surface area contributed by atoms with Crippen LogP contribution in [-0.2, 0) is 0 Å². The maximum atomic E-state index is 5.97. The third kappa shape index (κ3) is 2.76. The molecule has 0 aliphatic rings. The summed E-state index contributed by atoms with van der Waals surface area (Å²) in [6.45, 7) is 2.04. The lowest BCUT2D eigenvalue weighted by Gasteiger charge is -2.06. The molecule has 21 heavy (non-hydrogen) atoms. The van der Waals surface area contributed by atoms with E-state index >= 15 is 0 Å². The van der Waals surface area contributed by atoms with E-state index < -0.39 is 0 Å². The molecular weight excluding hydrogens is 396 g/mol. The number of nitrogens with two attached hydrogens (primary N) is 1. The molecule has 0 fully saturated rings. The van der Waals surface area contributed by atoms with Crippen molar-refractivity contribution in [1.29, 1.82) is 0 Å². The van der Waals surface area contributed by atoms with Crippen LogP contribution in [0.15, 0.2) is 55.9 Å². The van der Waals surface area contributed by atoms with E-state index in [9.17, 15) is 0 Å². The molecule has 1 heterocycles. The summed E-state index contributed by atoms with van der Waals surface area (Å²) in [5, 5.41) is 4.13. The van der Waals surface area contributed by atoms with Crippen molar-refractivity contribution in [3.63, 3.8) is 0 Å². The van der Waals surface area contributed by atoms with Crippen molar-refractivity contribution in [3.8, 4) is 22.4 Å². The van der Waals surface area contributed by atoms with E-state index in [4.69, 9.17) is 10.3 Å². The Labute approximate surface area is 139 Å². The number of hydrogen-bond acceptors (Lipinski definition) is 3. The fourth-order valence-electron chi connectivity index (χ4n) is 2.19. The highest BCUT2D eigenvalue weighted by atomic mass is 79.9. The highest BCUT2D eigenvalue weighted by molar-refractivity contribution is 9.10. The molecule has 106 valence electrons. The Morgan fingerprint density at radius 3 is 2.43 bits per heavy atom. The number of nitrogens with zero attached hydrogens (tertiary/aromatic N) is 1. The number of aryl methyl sites for hydroxylation is 1. The van der Waals surface area contributed by atoms with Gasteiger partial charge in [-0.1, -0.05) is 61.3 Å². The van der Waals surface area contributed by atoms with Gasteiger partial charge in [0.1, 0.15) is 5.69 Å². The number of aromatic nitrogens is 1. The number of rotatable bonds is 2. The fourth-order valence-corrected chi connectivity index (χ4v) is 3.14. The molecule has 3 nitrogen and oxygen atoms in total. The van der Waals surface area contributed by atoms with Crippen LogP contribution in [0.4, 0.5) is 5.88 Å². The minimum atomic E-state index is 0.319. The maximum absolute atomic E-state index is 5.97. The SMILES string of the molecule is Cc1ccc(-c2noc(N)c2-c2ccc(Br)cc2)c(Br)c1. The Hall–Kier alpha value is -1.59. The summed E-state index contributed by atoms with van der Waals surface area (Å²) < 4.78 is 7.20. The van der Waals surface area contributed by atoms with Crippen molar-refractivity contribution in [2.24, 2.45) is 0 Å². The average Bonchev–Trinajstić information content (AvgIpc) is 2.82. The van der Waals surface area contributed by atoms with Crippen LogP contribution in [0.3, 0.4) is 0 Å². The van der Waals surface area contributed by atoms with Gasteiger partial charge in [0.25, 0.3) is 0 Å². The van der Waals surface area contributed by atoms with Gasteiger partial charge in [-0.2, -0.15) is 0 Å². The lowest BCUT2D eigenvalue weighted by molar-refractivity contribution is 0.439. The highest BCUT2D eigenvalue weighted by Crippen LogP contribution is 2.39. The van der Waals surface area contributed by atoms with E-state index in [1.807, 2.05) is 49.4 Å². The van der Waals surface area contributed by atoms with Gasteiger partial charge in [0, 0.05) is 14.5 Å². The van der Waals surface area contributed by atoms with Crippen molar-refractivity contribution in [2.75, 3.05) is 5.73 Å². The maximum Gasteiger partial charge on any atom is 0.230 e. The summed E-state index contributed by atoms with van der Waals surface area (Å²) in [6.07, 6.45) is 0. The molecular formula is C16H12Br2N2O. The second-order valence-corrected chi connectivity index (χ2v) is 6.53. The Balaban J connectivity index is 2.19. The molecule has 0 bridgehead atoms. The van der Waals surface area contributed by atoms with Gasteiger partial charge >= 0.3 is 0 Å². The Morgan fingerprint density at radius 1 is 1.05 bits per heavy atom. The smallest absolute Gasteiger partial charge is 0.230 e. The lowest BCUT2D eigenvalue weighted by Crippen LogP contribution is -1.89. The number of nitrogen functional groups attached to an aromatic ring is 1. The molecule has 0 saturated heterocycles. The van der Waals surface area contributed by atoms with Crippen molar-refractivity contribution in [2.45, 2.75) is 6.92 Å². The summed E-state index contributed by atoms with van der Waals surface area (Å²) in [5.41, 5.74) is 10.6. The number of benzene rings is 2. The number of halogens is 2. The molecule has 2 N–H and O–H groups in total. The normalized spacial score (nSPS) is 10.8. The van der Waals surface area contributed by atoms with Crippen molar-refractivity contribution in [3.05, 3.63) is 57.0 Å². The molecule has 0 atom stereocenters. The molecule has 0 unspecified atom stereocenters. The van der Waals surface area contributed by atoms with E-state index in [1.54, 1.807) is 0 Å². The molecule has 0 aliphatic heterocycles. The molecule has 2 aromatic carbocycles. The summed E-state index contributed by atoms with van der Waals surface area (Å²) in [5.74, 6) is 0.319. The Morgan fingerprint density at radius 2 is 1.76 bits per heavy atom. The summed E-state index contributed by atoms with van der Waals surface area (Å²) in [4.78, 5) is 0. The zero-order valence-corrected chi connectivity index (χ0v) is 14.4. The van der Waals surface area contributed by atoms with Crippen molar-refractivity contribution in [1.82, 2.24) is 5.16 Å². The second-order valence-electron chi connectivity index (χ2n) is 4.76. The van der Waals surface area contributed by atoms with Gasteiger partial charge in [-0.25, -0.2) is 0 Å². The summed E-state index contributed by atoms with van der Waals surface area (Å²) in [7, 11) is 0. The van der Waals surface area contributed by atoms with Crippen LogP contribution in [0.1, 0.15) is 5.56 Å². The van der Waals surface area contributed by atoms with Crippen LogP contribution < -0.4 is 5.73 Å². The van der Waals surface area contributed by atoms with E-state index in [0.717, 1.165) is 31.3 Å². The molecule has 0 saturated carbocycles. The van der Waals surface area contributed by atoms with E-state index in [0.29, 0.717) is 5.88 Å². The van der Waals surface area contributed by atoms with Crippen LogP contribution in [0.25, 0.3) is 22.4 Å². The van der Waals surface area contributed by atoms with Crippen molar-refractivity contribution < 1.29 is 4.52 Å². The molecule has 3 aromatic rings. The Bertz CT molecular complexity index is 795. The van der Waals surface area contributed by atoms with Gasteiger partial charge in [-0.15, -0.1) is 0 Å². The number of anilines is 1. The standard InChI is InChI=1S/C16H12Br2N2O/c1-9-2-7-12(13(18)8-9)15-14(16(19)21-20-15)10-3-5-11(17)6-4-10/h2-8H,19H2,1H3. The zero-order chi connectivity index (χ0) is 15.0. The molecule has 0 spiro atoms. The Kier molecular flexibility index (Phi) is 3.87. The zero-order valence-electron chi connectivity index (χ0n) is 11.2. The third-order valence-corrected chi connectivity index (χ3v) is 4.42. The second kappa shape index (κ2) is 5.66. The first kappa shape index (κ1) is 14.4. The van der Waals surface area contributed by atoms with Crippen molar-refractivity contribution >= 4 is 37.7 Å². The van der Waals surface area contributed by atoms with Gasteiger partial charge in [0.15, 0.2) is 0 Å². The summed E-state index contributed by atoms with van der Waals surface area (Å²) in [6, 6.07) is 14.0. The molecule has 0 radical (unpaired) electrons. The number of hydrogen-bond donors (Lipinski definition) is 1. The minimum absolute atomic E-state index is 0.319. The van der Waals surface area contributed by atoms with E-state index in [1.165, 1.54) is 5.56 Å². The van der Waals surface area contributed by atoms with Gasteiger partial charge in [0.2, 0.25) is 5.88 Å². The van der Waals surface area contributed by atoms with Crippen LogP contribution in [-0.4, -0.2) is 5.16 Å². The first-order valence-corrected chi connectivity index (χ1v) is 7.92. The molecule has 0 aliphatic carbocycles. The lowest BCUT2D eigenvalue weighted by atomic mass is 10.0. The van der Waals surface area contributed by atoms with Crippen LogP contribution >= 0.6 is 31.9 Å². The van der Waals surface area contributed by atoms with Gasteiger partial charge in [-0.05, 0) is 36.2 Å². The van der Waals surface area contributed by atoms with E-state index in [-0.39, 0.29) is 0 Å². The molecule has 0 amide bonds. The van der Waals surface area contributed by atoms with Crippen LogP contribution in [0, 0.1) is 6.92 Å².